The van der Waals surface area contributed by atoms with Crippen LogP contribution >= 0.6 is 0 Å². The molecule has 1 N–H and O–H groups in total. The van der Waals surface area contributed by atoms with E-state index >= 15 is 0 Å². The maximum absolute atomic E-state index is 11.4. The number of rotatable bonds is 25. The monoisotopic (exact) mass is 440 g/mol. The van der Waals surface area contributed by atoms with Gasteiger partial charge in [0, 0.05) is 12.8 Å². The van der Waals surface area contributed by atoms with Gasteiger partial charge in [0.2, 0.25) is 0 Å². The summed E-state index contributed by atoms with van der Waals surface area (Å²) in [5.74, 6) is -1.12. The van der Waals surface area contributed by atoms with Gasteiger partial charge in [0.15, 0.2) is 0 Å². The van der Waals surface area contributed by atoms with Crippen molar-refractivity contribution in [1.29, 1.82) is 0 Å². The third-order valence-corrected chi connectivity index (χ3v) is 6.03. The molecule has 0 spiro atoms. The first-order chi connectivity index (χ1) is 15.2. The third kappa shape index (κ3) is 26.9. The number of esters is 1. The van der Waals surface area contributed by atoms with E-state index in [4.69, 9.17) is 9.84 Å². The van der Waals surface area contributed by atoms with Crippen molar-refractivity contribution in [3.63, 3.8) is 0 Å². The standard InChI is InChI=1S/C27H52O4/c1-2-3-4-5-6-7-8-9-10-11-12-13-14-15-16-17-18-19-20-21-25-31-27(30)24-22-23-26(28)29/h2-25H2,1H3,(H,28,29). The zero-order valence-corrected chi connectivity index (χ0v) is 20.6. The molecule has 0 aliphatic heterocycles. The molecule has 0 heterocycles. The fourth-order valence-electron chi connectivity index (χ4n) is 4.00. The fourth-order valence-corrected chi connectivity index (χ4v) is 4.00. The molecule has 0 radical (unpaired) electrons. The molecular formula is C27H52O4. The maximum Gasteiger partial charge on any atom is 0.305 e. The molecule has 0 unspecified atom stereocenters. The molecule has 0 saturated carbocycles. The average molecular weight is 441 g/mol. The van der Waals surface area contributed by atoms with E-state index in [2.05, 4.69) is 6.92 Å². The maximum atomic E-state index is 11.4. The summed E-state index contributed by atoms with van der Waals surface area (Å²) in [5.41, 5.74) is 0. The van der Waals surface area contributed by atoms with E-state index in [0.717, 1.165) is 12.8 Å². The van der Waals surface area contributed by atoms with Crippen molar-refractivity contribution in [3.8, 4) is 0 Å². The molecule has 0 aliphatic carbocycles. The second-order valence-electron chi connectivity index (χ2n) is 9.19. The van der Waals surface area contributed by atoms with Crippen molar-refractivity contribution >= 4 is 11.9 Å². The van der Waals surface area contributed by atoms with Gasteiger partial charge >= 0.3 is 11.9 Å². The first-order valence-corrected chi connectivity index (χ1v) is 13.5. The van der Waals surface area contributed by atoms with Crippen LogP contribution in [0.15, 0.2) is 0 Å². The van der Waals surface area contributed by atoms with E-state index < -0.39 is 5.97 Å². The van der Waals surface area contributed by atoms with Gasteiger partial charge in [-0.05, 0) is 12.8 Å². The quantitative estimate of drug-likeness (QED) is 0.114. The molecule has 0 aromatic rings. The molecule has 4 nitrogen and oxygen atoms in total. The smallest absolute Gasteiger partial charge is 0.305 e. The number of carboxylic acid groups (broad SMARTS) is 1. The highest BCUT2D eigenvalue weighted by atomic mass is 16.5. The minimum Gasteiger partial charge on any atom is -0.481 e. The van der Waals surface area contributed by atoms with Crippen LogP contribution in [0.3, 0.4) is 0 Å². The molecule has 0 saturated heterocycles. The summed E-state index contributed by atoms with van der Waals surface area (Å²) < 4.78 is 5.13. The van der Waals surface area contributed by atoms with Gasteiger partial charge in [0.1, 0.15) is 0 Å². The van der Waals surface area contributed by atoms with Crippen LogP contribution in [0.2, 0.25) is 0 Å². The van der Waals surface area contributed by atoms with Crippen LogP contribution in [0.1, 0.15) is 155 Å². The number of carbonyl (C=O) groups excluding carboxylic acids is 1. The molecule has 0 rings (SSSR count). The van der Waals surface area contributed by atoms with E-state index in [9.17, 15) is 9.59 Å². The van der Waals surface area contributed by atoms with Crippen molar-refractivity contribution in [2.45, 2.75) is 155 Å². The number of ether oxygens (including phenoxy) is 1. The molecule has 0 aromatic heterocycles. The molecule has 0 atom stereocenters. The lowest BCUT2D eigenvalue weighted by molar-refractivity contribution is -0.144. The largest absolute Gasteiger partial charge is 0.481 e. The van der Waals surface area contributed by atoms with Crippen LogP contribution in [0, 0.1) is 0 Å². The molecule has 0 fully saturated rings. The Hall–Kier alpha value is -1.06. The summed E-state index contributed by atoms with van der Waals surface area (Å²) in [6.45, 7) is 2.76. The lowest BCUT2D eigenvalue weighted by Gasteiger charge is -2.05. The predicted octanol–water partition coefficient (Wildman–Crippen LogP) is 8.61. The number of hydrogen-bond acceptors (Lipinski definition) is 3. The van der Waals surface area contributed by atoms with Gasteiger partial charge < -0.3 is 9.84 Å². The molecule has 0 bridgehead atoms. The Labute approximate surface area is 192 Å². The van der Waals surface area contributed by atoms with Crippen LogP contribution < -0.4 is 0 Å². The summed E-state index contributed by atoms with van der Waals surface area (Å²) in [6, 6.07) is 0. The van der Waals surface area contributed by atoms with E-state index in [-0.39, 0.29) is 18.8 Å². The van der Waals surface area contributed by atoms with Crippen LogP contribution in [-0.4, -0.2) is 23.7 Å². The molecule has 31 heavy (non-hydrogen) atoms. The Kier molecular flexibility index (Phi) is 24.3. The Morgan fingerprint density at radius 1 is 0.516 bits per heavy atom. The van der Waals surface area contributed by atoms with Gasteiger partial charge in [-0.25, -0.2) is 0 Å². The first-order valence-electron chi connectivity index (χ1n) is 13.5. The van der Waals surface area contributed by atoms with E-state index in [1.807, 2.05) is 0 Å². The fraction of sp³-hybridized carbons (Fsp3) is 0.926. The summed E-state index contributed by atoms with van der Waals surface area (Å²) in [4.78, 5) is 21.8. The minimum atomic E-state index is -0.859. The number of hydrogen-bond donors (Lipinski definition) is 1. The van der Waals surface area contributed by atoms with Crippen LogP contribution in [0.25, 0.3) is 0 Å². The summed E-state index contributed by atoms with van der Waals surface area (Å²) in [7, 11) is 0. The van der Waals surface area contributed by atoms with Crippen LogP contribution in [0.4, 0.5) is 0 Å². The van der Waals surface area contributed by atoms with E-state index in [0.29, 0.717) is 13.0 Å². The molecule has 0 aromatic carbocycles. The topological polar surface area (TPSA) is 63.6 Å². The zero-order chi connectivity index (χ0) is 22.8. The Bertz CT molecular complexity index is 395. The van der Waals surface area contributed by atoms with Gasteiger partial charge in [0.05, 0.1) is 6.61 Å². The van der Waals surface area contributed by atoms with Gasteiger partial charge in [-0.15, -0.1) is 0 Å². The van der Waals surface area contributed by atoms with Crippen LogP contribution in [0.5, 0.6) is 0 Å². The van der Waals surface area contributed by atoms with Gasteiger partial charge in [-0.2, -0.15) is 0 Å². The normalized spacial score (nSPS) is 11.0. The summed E-state index contributed by atoms with van der Waals surface area (Å²) in [6.07, 6.45) is 27.7. The van der Waals surface area contributed by atoms with Crippen molar-refractivity contribution in [1.82, 2.24) is 0 Å². The molecule has 184 valence electrons. The molecule has 0 amide bonds. The van der Waals surface area contributed by atoms with Gasteiger partial charge in [-0.1, -0.05) is 129 Å². The highest BCUT2D eigenvalue weighted by Crippen LogP contribution is 2.14. The van der Waals surface area contributed by atoms with E-state index in [1.165, 1.54) is 116 Å². The van der Waals surface area contributed by atoms with Crippen molar-refractivity contribution in [3.05, 3.63) is 0 Å². The first kappa shape index (κ1) is 29.9. The number of carbonyl (C=O) groups is 2. The lowest BCUT2D eigenvalue weighted by Crippen LogP contribution is -2.06. The highest BCUT2D eigenvalue weighted by molar-refractivity contribution is 5.71. The summed E-state index contributed by atoms with van der Waals surface area (Å²) in [5, 5.41) is 8.53. The number of carboxylic acids is 1. The summed E-state index contributed by atoms with van der Waals surface area (Å²) >= 11 is 0. The van der Waals surface area contributed by atoms with Crippen molar-refractivity contribution in [2.24, 2.45) is 0 Å². The second-order valence-corrected chi connectivity index (χ2v) is 9.19. The van der Waals surface area contributed by atoms with E-state index in [1.54, 1.807) is 0 Å². The van der Waals surface area contributed by atoms with Gasteiger partial charge in [-0.3, -0.25) is 9.59 Å². The Morgan fingerprint density at radius 2 is 0.871 bits per heavy atom. The SMILES string of the molecule is CCCCCCCCCCCCCCCCCCCCCCOC(=O)CCCC(=O)O. The second kappa shape index (κ2) is 25.2. The average Bonchev–Trinajstić information content (AvgIpc) is 2.74. The van der Waals surface area contributed by atoms with Gasteiger partial charge in [0.25, 0.3) is 0 Å². The minimum absolute atomic E-state index is 0.0361. The Balaban J connectivity index is 3.09. The predicted molar refractivity (Wildman–Crippen MR) is 130 cm³/mol. The zero-order valence-electron chi connectivity index (χ0n) is 20.6. The highest BCUT2D eigenvalue weighted by Gasteiger charge is 2.04. The lowest BCUT2D eigenvalue weighted by atomic mass is 10.0. The molecule has 4 heteroatoms. The third-order valence-electron chi connectivity index (χ3n) is 6.03. The number of unbranched alkanes of at least 4 members (excludes halogenated alkanes) is 19. The molecular weight excluding hydrogens is 388 g/mol. The van der Waals surface area contributed by atoms with Crippen molar-refractivity contribution in [2.75, 3.05) is 6.61 Å². The number of aliphatic carboxylic acids is 1. The van der Waals surface area contributed by atoms with Crippen LogP contribution in [-0.2, 0) is 14.3 Å². The van der Waals surface area contributed by atoms with Crippen molar-refractivity contribution < 1.29 is 19.4 Å². The molecule has 0 aliphatic rings. The Morgan fingerprint density at radius 3 is 1.23 bits per heavy atom.